The molecule has 116 valence electrons. The first kappa shape index (κ1) is 14.9. The molecule has 1 saturated carbocycles. The molecule has 1 aliphatic heterocycles. The Morgan fingerprint density at radius 2 is 2.24 bits per heavy atom. The Labute approximate surface area is 130 Å². The van der Waals surface area contributed by atoms with Crippen LogP contribution in [0.3, 0.4) is 0 Å². The lowest BCUT2D eigenvalue weighted by molar-refractivity contribution is 0.428. The zero-order valence-electron chi connectivity index (χ0n) is 12.5. The molecule has 3 rings (SSSR count). The Hall–Kier alpha value is -1.07. The summed E-state index contributed by atoms with van der Waals surface area (Å²) >= 11 is 6.27. The quantitative estimate of drug-likeness (QED) is 0.902. The summed E-state index contributed by atoms with van der Waals surface area (Å²) in [6, 6.07) is 0.435. The van der Waals surface area contributed by atoms with Crippen molar-refractivity contribution in [3.05, 3.63) is 21.6 Å². The van der Waals surface area contributed by atoms with Crippen molar-refractivity contribution in [3.63, 3.8) is 0 Å². The highest BCUT2D eigenvalue weighted by Gasteiger charge is 2.27. The smallest absolute Gasteiger partial charge is 0.291 e. The number of hydrogen-bond acceptors (Lipinski definition) is 4. The molecule has 0 spiro atoms. The van der Waals surface area contributed by atoms with E-state index in [2.05, 4.69) is 22.2 Å². The Morgan fingerprint density at radius 3 is 2.95 bits per heavy atom. The molecule has 6 heteroatoms. The number of rotatable bonds is 5. The number of nitrogens with zero attached hydrogens (tertiary/aromatic N) is 3. The van der Waals surface area contributed by atoms with Gasteiger partial charge in [-0.2, -0.15) is 5.10 Å². The fourth-order valence-corrected chi connectivity index (χ4v) is 3.30. The van der Waals surface area contributed by atoms with Gasteiger partial charge in [-0.25, -0.2) is 4.68 Å². The maximum Gasteiger partial charge on any atom is 0.291 e. The molecule has 0 radical (unpaired) electrons. The number of anilines is 1. The van der Waals surface area contributed by atoms with Crippen molar-refractivity contribution >= 4 is 17.3 Å². The number of aromatic nitrogens is 2. The van der Waals surface area contributed by atoms with E-state index in [9.17, 15) is 4.79 Å². The number of hydrogen-bond donors (Lipinski definition) is 1. The standard InChI is InChI=1S/C15H23ClN4O/c1-2-17-12-4-3-7-19(10-12)14-13(16)8-18-20(15(14)21)9-11-5-6-11/h8,11-12,17H,2-7,9-10H2,1H3. The van der Waals surface area contributed by atoms with Crippen molar-refractivity contribution in [2.24, 2.45) is 5.92 Å². The lowest BCUT2D eigenvalue weighted by atomic mass is 10.1. The van der Waals surface area contributed by atoms with Crippen molar-refractivity contribution in [3.8, 4) is 0 Å². The van der Waals surface area contributed by atoms with Crippen LogP contribution in [-0.2, 0) is 6.54 Å². The molecule has 0 amide bonds. The van der Waals surface area contributed by atoms with E-state index in [1.165, 1.54) is 12.8 Å². The van der Waals surface area contributed by atoms with Crippen LogP contribution in [0, 0.1) is 5.92 Å². The van der Waals surface area contributed by atoms with Crippen LogP contribution in [0.2, 0.25) is 5.02 Å². The molecule has 1 unspecified atom stereocenters. The number of halogens is 1. The van der Waals surface area contributed by atoms with Crippen LogP contribution in [0.5, 0.6) is 0 Å². The Kier molecular flexibility index (Phi) is 4.50. The van der Waals surface area contributed by atoms with Gasteiger partial charge in [-0.1, -0.05) is 18.5 Å². The zero-order chi connectivity index (χ0) is 14.8. The van der Waals surface area contributed by atoms with Crippen LogP contribution in [-0.4, -0.2) is 35.5 Å². The number of nitrogens with one attached hydrogen (secondary N) is 1. The molecule has 1 saturated heterocycles. The molecule has 0 bridgehead atoms. The maximum absolute atomic E-state index is 12.7. The van der Waals surface area contributed by atoms with Crippen LogP contribution in [0.4, 0.5) is 5.69 Å². The average Bonchev–Trinajstić information content (AvgIpc) is 3.27. The largest absolute Gasteiger partial charge is 0.364 e. The van der Waals surface area contributed by atoms with E-state index in [0.717, 1.165) is 39.0 Å². The molecular weight excluding hydrogens is 288 g/mol. The first-order valence-electron chi connectivity index (χ1n) is 7.93. The third-order valence-corrected chi connectivity index (χ3v) is 4.61. The van der Waals surface area contributed by atoms with Crippen LogP contribution in [0.15, 0.2) is 11.0 Å². The average molecular weight is 311 g/mol. The molecule has 21 heavy (non-hydrogen) atoms. The third-order valence-electron chi connectivity index (χ3n) is 4.33. The molecule has 1 N–H and O–H groups in total. The van der Waals surface area contributed by atoms with Gasteiger partial charge in [0.05, 0.1) is 11.2 Å². The van der Waals surface area contributed by atoms with Crippen molar-refractivity contribution in [2.45, 2.75) is 45.2 Å². The first-order chi connectivity index (χ1) is 10.2. The molecule has 1 aromatic rings. The summed E-state index contributed by atoms with van der Waals surface area (Å²) in [4.78, 5) is 14.8. The molecule has 1 aliphatic carbocycles. The second-order valence-electron chi connectivity index (χ2n) is 6.11. The summed E-state index contributed by atoms with van der Waals surface area (Å²) in [6.45, 7) is 5.53. The topological polar surface area (TPSA) is 50.2 Å². The van der Waals surface area contributed by atoms with Gasteiger partial charge in [0.15, 0.2) is 0 Å². The van der Waals surface area contributed by atoms with Crippen molar-refractivity contribution in [2.75, 3.05) is 24.5 Å². The molecule has 1 atom stereocenters. The summed E-state index contributed by atoms with van der Waals surface area (Å²) in [5.41, 5.74) is 0.599. The number of piperidine rings is 1. The van der Waals surface area contributed by atoms with Crippen LogP contribution in [0.1, 0.15) is 32.6 Å². The van der Waals surface area contributed by atoms with Crippen molar-refractivity contribution < 1.29 is 0 Å². The molecule has 5 nitrogen and oxygen atoms in total. The van der Waals surface area contributed by atoms with Gasteiger partial charge in [-0.3, -0.25) is 4.79 Å². The number of likely N-dealkylation sites (N-methyl/N-ethyl adjacent to an activating group) is 1. The van der Waals surface area contributed by atoms with Gasteiger partial charge in [-0.05, 0) is 38.1 Å². The fraction of sp³-hybridized carbons (Fsp3) is 0.733. The summed E-state index contributed by atoms with van der Waals surface area (Å²) in [5, 5.41) is 8.15. The van der Waals surface area contributed by atoms with E-state index in [1.54, 1.807) is 10.9 Å². The van der Waals surface area contributed by atoms with Gasteiger partial charge in [0.1, 0.15) is 5.69 Å². The summed E-state index contributed by atoms with van der Waals surface area (Å²) in [6.07, 6.45) is 6.27. The highest BCUT2D eigenvalue weighted by atomic mass is 35.5. The minimum Gasteiger partial charge on any atom is -0.364 e. The summed E-state index contributed by atoms with van der Waals surface area (Å²) in [7, 11) is 0. The minimum absolute atomic E-state index is 0.0356. The van der Waals surface area contributed by atoms with Crippen LogP contribution in [0.25, 0.3) is 0 Å². The molecule has 1 aromatic heterocycles. The van der Waals surface area contributed by atoms with E-state index < -0.39 is 0 Å². The normalized spacial score (nSPS) is 22.6. The Morgan fingerprint density at radius 1 is 1.43 bits per heavy atom. The van der Waals surface area contributed by atoms with Gasteiger partial charge in [0, 0.05) is 25.7 Å². The third kappa shape index (κ3) is 3.40. The minimum atomic E-state index is -0.0356. The Balaban J connectivity index is 1.84. The van der Waals surface area contributed by atoms with Gasteiger partial charge in [0.2, 0.25) is 0 Å². The highest BCUT2D eigenvalue weighted by Crippen LogP contribution is 2.30. The highest BCUT2D eigenvalue weighted by molar-refractivity contribution is 6.33. The van der Waals surface area contributed by atoms with Gasteiger partial charge < -0.3 is 10.2 Å². The lowest BCUT2D eigenvalue weighted by Gasteiger charge is -2.34. The fourth-order valence-electron chi connectivity index (χ4n) is 3.06. The van der Waals surface area contributed by atoms with Crippen LogP contribution >= 0.6 is 11.6 Å². The SMILES string of the molecule is CCNC1CCCN(c2c(Cl)cnn(CC3CC3)c2=O)C1. The predicted molar refractivity (Wildman–Crippen MR) is 85.1 cm³/mol. The van der Waals surface area contributed by atoms with E-state index >= 15 is 0 Å². The maximum atomic E-state index is 12.7. The van der Waals surface area contributed by atoms with E-state index in [4.69, 9.17) is 11.6 Å². The van der Waals surface area contributed by atoms with E-state index in [-0.39, 0.29) is 5.56 Å². The predicted octanol–water partition coefficient (Wildman–Crippen LogP) is 1.89. The van der Waals surface area contributed by atoms with Crippen molar-refractivity contribution in [1.82, 2.24) is 15.1 Å². The molecule has 2 fully saturated rings. The van der Waals surface area contributed by atoms with Crippen LogP contribution < -0.4 is 15.8 Å². The zero-order valence-corrected chi connectivity index (χ0v) is 13.3. The second-order valence-corrected chi connectivity index (χ2v) is 6.52. The second kappa shape index (κ2) is 6.36. The van der Waals surface area contributed by atoms with Gasteiger partial charge in [0.25, 0.3) is 5.56 Å². The van der Waals surface area contributed by atoms with E-state index in [1.807, 2.05) is 0 Å². The summed E-state index contributed by atoms with van der Waals surface area (Å²) in [5.74, 6) is 0.625. The first-order valence-corrected chi connectivity index (χ1v) is 8.30. The Bertz CT molecular complexity index is 553. The van der Waals surface area contributed by atoms with Crippen molar-refractivity contribution in [1.29, 1.82) is 0 Å². The molecular formula is C15H23ClN4O. The lowest BCUT2D eigenvalue weighted by Crippen LogP contribution is -2.47. The molecule has 2 aliphatic rings. The molecule has 2 heterocycles. The van der Waals surface area contributed by atoms with Gasteiger partial charge in [-0.15, -0.1) is 0 Å². The molecule has 0 aromatic carbocycles. The monoisotopic (exact) mass is 310 g/mol. The van der Waals surface area contributed by atoms with Gasteiger partial charge >= 0.3 is 0 Å². The van der Waals surface area contributed by atoms with E-state index in [0.29, 0.717) is 22.7 Å². The summed E-state index contributed by atoms with van der Waals surface area (Å²) < 4.78 is 1.59.